The molecular formula is C13H10ClF2NOS. The van der Waals surface area contributed by atoms with Gasteiger partial charge in [0.2, 0.25) is 0 Å². The van der Waals surface area contributed by atoms with Crippen molar-refractivity contribution in [2.45, 2.75) is 13.0 Å². The Morgan fingerprint density at radius 2 is 2.00 bits per heavy atom. The largest absolute Gasteiger partial charge is 0.345 e. The van der Waals surface area contributed by atoms with Crippen LogP contribution in [0.2, 0.25) is 4.34 Å². The molecule has 0 bridgehead atoms. The van der Waals surface area contributed by atoms with Crippen LogP contribution in [0.1, 0.15) is 28.2 Å². The van der Waals surface area contributed by atoms with E-state index in [0.717, 1.165) is 17.0 Å². The van der Waals surface area contributed by atoms with Crippen LogP contribution in [0.25, 0.3) is 0 Å². The second kappa shape index (κ2) is 5.67. The molecule has 0 aliphatic heterocycles. The maximum atomic E-state index is 13.0. The third kappa shape index (κ3) is 3.30. The second-order valence-electron chi connectivity index (χ2n) is 3.97. The third-order valence-electron chi connectivity index (χ3n) is 2.55. The van der Waals surface area contributed by atoms with Crippen molar-refractivity contribution in [3.05, 3.63) is 56.7 Å². The monoisotopic (exact) mass is 301 g/mol. The Bertz CT molecular complexity index is 614. The van der Waals surface area contributed by atoms with Crippen molar-refractivity contribution in [2.24, 2.45) is 0 Å². The van der Waals surface area contributed by atoms with Crippen molar-refractivity contribution in [1.82, 2.24) is 5.32 Å². The number of halogens is 3. The highest BCUT2D eigenvalue weighted by atomic mass is 35.5. The highest BCUT2D eigenvalue weighted by Crippen LogP contribution is 2.26. The van der Waals surface area contributed by atoms with E-state index in [1.807, 2.05) is 6.07 Å². The molecule has 1 aromatic heterocycles. The number of rotatable bonds is 3. The van der Waals surface area contributed by atoms with E-state index in [0.29, 0.717) is 4.34 Å². The first-order valence-corrected chi connectivity index (χ1v) is 6.68. The smallest absolute Gasteiger partial charge is 0.251 e. The first kappa shape index (κ1) is 14.0. The second-order valence-corrected chi connectivity index (χ2v) is 5.71. The minimum absolute atomic E-state index is 0.0772. The highest BCUT2D eigenvalue weighted by molar-refractivity contribution is 7.16. The van der Waals surface area contributed by atoms with Gasteiger partial charge >= 0.3 is 0 Å². The standard InChI is InChI=1S/C13H10ClF2NOS/c1-7(11-4-5-12(14)19-11)17-13(18)8-2-3-9(15)10(16)6-8/h2-7H,1H3,(H,17,18)/t7-/m0/s1. The molecule has 0 unspecified atom stereocenters. The zero-order valence-electron chi connectivity index (χ0n) is 9.91. The summed E-state index contributed by atoms with van der Waals surface area (Å²) in [5, 5.41) is 2.70. The van der Waals surface area contributed by atoms with Crippen LogP contribution in [0.5, 0.6) is 0 Å². The van der Waals surface area contributed by atoms with Gasteiger partial charge in [0.1, 0.15) is 0 Å². The molecular weight excluding hydrogens is 292 g/mol. The lowest BCUT2D eigenvalue weighted by Crippen LogP contribution is -2.26. The minimum atomic E-state index is -1.04. The van der Waals surface area contributed by atoms with Crippen LogP contribution < -0.4 is 5.32 Å². The van der Waals surface area contributed by atoms with E-state index >= 15 is 0 Å². The van der Waals surface area contributed by atoms with Crippen molar-refractivity contribution >= 4 is 28.8 Å². The van der Waals surface area contributed by atoms with E-state index in [4.69, 9.17) is 11.6 Å². The average Bonchev–Trinajstić information content (AvgIpc) is 2.79. The zero-order chi connectivity index (χ0) is 14.0. The zero-order valence-corrected chi connectivity index (χ0v) is 11.5. The van der Waals surface area contributed by atoms with Crippen LogP contribution in [-0.2, 0) is 0 Å². The van der Waals surface area contributed by atoms with Gasteiger partial charge in [0.25, 0.3) is 5.91 Å². The summed E-state index contributed by atoms with van der Waals surface area (Å²) in [5.74, 6) is -2.48. The summed E-state index contributed by atoms with van der Waals surface area (Å²) in [6.07, 6.45) is 0. The molecule has 2 aromatic rings. The summed E-state index contributed by atoms with van der Waals surface area (Å²) in [4.78, 5) is 12.8. The van der Waals surface area contributed by atoms with Gasteiger partial charge in [-0.2, -0.15) is 0 Å². The number of hydrogen-bond acceptors (Lipinski definition) is 2. The molecule has 1 amide bonds. The predicted molar refractivity (Wildman–Crippen MR) is 71.6 cm³/mol. The fraction of sp³-hybridized carbons (Fsp3) is 0.154. The number of carbonyl (C=O) groups excluding carboxylic acids is 1. The fourth-order valence-electron chi connectivity index (χ4n) is 1.55. The number of benzene rings is 1. The van der Waals surface area contributed by atoms with E-state index in [2.05, 4.69) is 5.32 Å². The van der Waals surface area contributed by atoms with E-state index in [1.165, 1.54) is 17.4 Å². The minimum Gasteiger partial charge on any atom is -0.345 e. The van der Waals surface area contributed by atoms with E-state index in [-0.39, 0.29) is 11.6 Å². The van der Waals surface area contributed by atoms with Crippen molar-refractivity contribution in [3.63, 3.8) is 0 Å². The van der Waals surface area contributed by atoms with Crippen molar-refractivity contribution < 1.29 is 13.6 Å². The molecule has 0 saturated carbocycles. The molecule has 1 N–H and O–H groups in total. The number of carbonyl (C=O) groups is 1. The summed E-state index contributed by atoms with van der Waals surface area (Å²) in [5.41, 5.74) is 0.0772. The van der Waals surface area contributed by atoms with Gasteiger partial charge in [-0.05, 0) is 37.3 Å². The van der Waals surface area contributed by atoms with Crippen LogP contribution in [0, 0.1) is 11.6 Å². The van der Waals surface area contributed by atoms with Gasteiger partial charge in [0.15, 0.2) is 11.6 Å². The van der Waals surface area contributed by atoms with Crippen LogP contribution in [0.3, 0.4) is 0 Å². The van der Waals surface area contributed by atoms with Gasteiger partial charge in [-0.15, -0.1) is 11.3 Å². The Hall–Kier alpha value is -1.46. The molecule has 0 spiro atoms. The summed E-state index contributed by atoms with van der Waals surface area (Å²) in [6.45, 7) is 1.79. The van der Waals surface area contributed by atoms with Crippen LogP contribution in [-0.4, -0.2) is 5.91 Å². The molecule has 1 aromatic carbocycles. The molecule has 0 saturated heterocycles. The molecule has 0 fully saturated rings. The average molecular weight is 302 g/mol. The Morgan fingerprint density at radius 3 is 2.58 bits per heavy atom. The molecule has 6 heteroatoms. The Kier molecular flexibility index (Phi) is 4.17. The Morgan fingerprint density at radius 1 is 1.26 bits per heavy atom. The molecule has 100 valence electrons. The number of amides is 1. The van der Waals surface area contributed by atoms with Gasteiger partial charge in [0.05, 0.1) is 10.4 Å². The molecule has 0 aliphatic carbocycles. The summed E-state index contributed by atoms with van der Waals surface area (Å²) < 4.78 is 26.4. The summed E-state index contributed by atoms with van der Waals surface area (Å²) in [6, 6.07) is 6.33. The topological polar surface area (TPSA) is 29.1 Å². The van der Waals surface area contributed by atoms with Gasteiger partial charge in [-0.3, -0.25) is 4.79 Å². The molecule has 19 heavy (non-hydrogen) atoms. The normalized spacial score (nSPS) is 12.2. The lowest BCUT2D eigenvalue weighted by atomic mass is 10.2. The lowest BCUT2D eigenvalue weighted by molar-refractivity contribution is 0.0940. The predicted octanol–water partition coefficient (Wildman–Crippen LogP) is 4.17. The number of nitrogens with one attached hydrogen (secondary N) is 1. The molecule has 0 radical (unpaired) electrons. The Balaban J connectivity index is 2.10. The van der Waals surface area contributed by atoms with Gasteiger partial charge in [-0.25, -0.2) is 8.78 Å². The first-order valence-electron chi connectivity index (χ1n) is 5.48. The molecule has 1 heterocycles. The summed E-state index contributed by atoms with van der Waals surface area (Å²) >= 11 is 7.17. The van der Waals surface area contributed by atoms with Crippen molar-refractivity contribution in [1.29, 1.82) is 0 Å². The van der Waals surface area contributed by atoms with Crippen LogP contribution in [0.4, 0.5) is 8.78 Å². The molecule has 2 rings (SSSR count). The van der Waals surface area contributed by atoms with Gasteiger partial charge < -0.3 is 5.32 Å². The molecule has 2 nitrogen and oxygen atoms in total. The van der Waals surface area contributed by atoms with Crippen LogP contribution in [0.15, 0.2) is 30.3 Å². The highest BCUT2D eigenvalue weighted by Gasteiger charge is 2.14. The summed E-state index contributed by atoms with van der Waals surface area (Å²) in [7, 11) is 0. The molecule has 0 aliphatic rings. The van der Waals surface area contributed by atoms with Gasteiger partial charge in [-0.1, -0.05) is 11.6 Å². The van der Waals surface area contributed by atoms with Crippen molar-refractivity contribution in [2.75, 3.05) is 0 Å². The van der Waals surface area contributed by atoms with Gasteiger partial charge in [0, 0.05) is 10.4 Å². The fourth-order valence-corrected chi connectivity index (χ4v) is 2.61. The number of thiophene rings is 1. The third-order valence-corrected chi connectivity index (χ3v) is 3.96. The quantitative estimate of drug-likeness (QED) is 0.905. The molecule has 1 atom stereocenters. The van der Waals surface area contributed by atoms with E-state index in [9.17, 15) is 13.6 Å². The van der Waals surface area contributed by atoms with E-state index < -0.39 is 17.5 Å². The Labute approximate surface area is 118 Å². The SMILES string of the molecule is C[C@H](NC(=O)c1ccc(F)c(F)c1)c1ccc(Cl)s1. The van der Waals surface area contributed by atoms with Crippen molar-refractivity contribution in [3.8, 4) is 0 Å². The maximum absolute atomic E-state index is 13.0. The number of hydrogen-bond donors (Lipinski definition) is 1. The first-order chi connectivity index (χ1) is 8.97. The lowest BCUT2D eigenvalue weighted by Gasteiger charge is -2.12. The van der Waals surface area contributed by atoms with E-state index in [1.54, 1.807) is 13.0 Å². The maximum Gasteiger partial charge on any atom is 0.251 e. The van der Waals surface area contributed by atoms with Crippen LogP contribution >= 0.6 is 22.9 Å².